The Hall–Kier alpha value is -2.21. The zero-order chi connectivity index (χ0) is 21.5. The summed E-state index contributed by atoms with van der Waals surface area (Å²) in [4.78, 5) is 2.49. The van der Waals surface area contributed by atoms with Crippen LogP contribution in [0.5, 0.6) is 0 Å². The molecule has 1 unspecified atom stereocenters. The number of benzene rings is 2. The number of hydrogen-bond donors (Lipinski definition) is 3. The maximum absolute atomic E-state index is 11.8. The summed E-state index contributed by atoms with van der Waals surface area (Å²) >= 11 is 0. The zero-order valence-electron chi connectivity index (χ0n) is 18.3. The molecular weight excluding hydrogens is 386 g/mol. The smallest absolute Gasteiger partial charge is 0.135 e. The number of nitrogens with one attached hydrogen (secondary N) is 1. The second-order valence-electron chi connectivity index (χ2n) is 9.08. The van der Waals surface area contributed by atoms with Gasteiger partial charge < -0.3 is 15.6 Å². The van der Waals surface area contributed by atoms with Crippen LogP contribution >= 0.6 is 0 Å². The van der Waals surface area contributed by atoms with E-state index in [1.165, 1.54) is 5.56 Å². The summed E-state index contributed by atoms with van der Waals surface area (Å²) in [5, 5.41) is 28.9. The second kappa shape index (κ2) is 10.4. The maximum Gasteiger partial charge on any atom is 0.135 e. The quantitative estimate of drug-likeness (QED) is 0.340. The van der Waals surface area contributed by atoms with Crippen LogP contribution in [-0.4, -0.2) is 46.6 Å². The van der Waals surface area contributed by atoms with Gasteiger partial charge in [0.05, 0.1) is 0 Å². The van der Waals surface area contributed by atoms with Crippen molar-refractivity contribution in [1.29, 1.82) is 0 Å². The third-order valence-electron chi connectivity index (χ3n) is 7.12. The average molecular weight is 422 g/mol. The van der Waals surface area contributed by atoms with E-state index in [9.17, 15) is 10.3 Å². The molecule has 3 N–H and O–H groups in total. The maximum atomic E-state index is 11.8. The highest BCUT2D eigenvalue weighted by atomic mass is 16.4. The van der Waals surface area contributed by atoms with Crippen molar-refractivity contribution in [2.45, 2.75) is 56.7 Å². The fraction of sp³-hybridized carbons (Fsp3) is 0.500. The fourth-order valence-electron chi connectivity index (χ4n) is 5.30. The van der Waals surface area contributed by atoms with Crippen LogP contribution in [0.15, 0.2) is 65.8 Å². The molecule has 4 rings (SSSR count). The summed E-state index contributed by atoms with van der Waals surface area (Å²) in [6.07, 6.45) is 6.26. The average Bonchev–Trinajstić information content (AvgIpc) is 3.37. The lowest BCUT2D eigenvalue weighted by atomic mass is 9.76. The normalized spacial score (nSPS) is 21.3. The highest BCUT2D eigenvalue weighted by molar-refractivity contribution is 5.95. The lowest BCUT2D eigenvalue weighted by molar-refractivity contribution is 0.0420. The Morgan fingerprint density at radius 2 is 1.55 bits per heavy atom. The highest BCUT2D eigenvalue weighted by Gasteiger charge is 2.44. The molecule has 1 aliphatic heterocycles. The largest absolute Gasteiger partial charge is 0.411 e. The fourth-order valence-corrected chi connectivity index (χ4v) is 5.30. The number of aliphatic hydroxyl groups is 1. The SMILES string of the molecule is O/N=C(/CNC1CCN(Cc2ccccc2)CC1)C(O)(c1ccccc1)C1CCCC1. The summed E-state index contributed by atoms with van der Waals surface area (Å²) in [6.45, 7) is 3.49. The molecule has 0 amide bonds. The van der Waals surface area contributed by atoms with Gasteiger partial charge in [0, 0.05) is 19.1 Å². The molecule has 5 heteroatoms. The first-order chi connectivity index (χ1) is 15.2. The van der Waals surface area contributed by atoms with E-state index < -0.39 is 5.60 Å². The van der Waals surface area contributed by atoms with Crippen molar-refractivity contribution in [3.63, 3.8) is 0 Å². The van der Waals surface area contributed by atoms with Crippen molar-refractivity contribution in [3.05, 3.63) is 71.8 Å². The first-order valence-corrected chi connectivity index (χ1v) is 11.7. The lowest BCUT2D eigenvalue weighted by Crippen LogP contribution is -2.50. The number of nitrogens with zero attached hydrogens (tertiary/aromatic N) is 2. The standard InChI is InChI=1S/C26H35N3O2/c30-26(23-13-7-8-14-23,22-11-5-2-6-12-22)25(28-31)19-27-24-15-17-29(18-16-24)20-21-9-3-1-4-10-21/h1-6,9-12,23-24,27,30-31H,7-8,13-20H2/b28-25-. The predicted octanol–water partition coefficient (Wildman–Crippen LogP) is 4.15. The van der Waals surface area contributed by atoms with Crippen LogP contribution in [0.4, 0.5) is 0 Å². The highest BCUT2D eigenvalue weighted by Crippen LogP contribution is 2.41. The van der Waals surface area contributed by atoms with Crippen molar-refractivity contribution in [2.24, 2.45) is 11.1 Å². The number of likely N-dealkylation sites (tertiary alicyclic amines) is 1. The number of piperidine rings is 1. The Balaban J connectivity index is 1.36. The minimum atomic E-state index is -1.21. The Bertz CT molecular complexity index is 828. The molecule has 0 spiro atoms. The molecule has 31 heavy (non-hydrogen) atoms. The van der Waals surface area contributed by atoms with Gasteiger partial charge in [-0.15, -0.1) is 0 Å². The molecule has 0 bridgehead atoms. The van der Waals surface area contributed by atoms with Gasteiger partial charge in [-0.1, -0.05) is 78.7 Å². The summed E-state index contributed by atoms with van der Waals surface area (Å²) in [7, 11) is 0. The molecule has 1 atom stereocenters. The van der Waals surface area contributed by atoms with Crippen LogP contribution in [0.1, 0.15) is 49.7 Å². The first kappa shape index (κ1) is 22.0. The topological polar surface area (TPSA) is 68.1 Å². The van der Waals surface area contributed by atoms with Crippen LogP contribution in [0.25, 0.3) is 0 Å². The molecule has 1 heterocycles. The van der Waals surface area contributed by atoms with E-state index in [1.54, 1.807) is 0 Å². The van der Waals surface area contributed by atoms with E-state index >= 15 is 0 Å². The molecule has 1 saturated heterocycles. The van der Waals surface area contributed by atoms with E-state index in [1.807, 2.05) is 30.3 Å². The number of rotatable bonds is 8. The Labute approximate surface area is 185 Å². The van der Waals surface area contributed by atoms with E-state index in [0.29, 0.717) is 18.3 Å². The second-order valence-corrected chi connectivity index (χ2v) is 9.08. The van der Waals surface area contributed by atoms with E-state index in [2.05, 4.69) is 45.7 Å². The van der Waals surface area contributed by atoms with Crippen molar-refractivity contribution < 1.29 is 10.3 Å². The van der Waals surface area contributed by atoms with Gasteiger partial charge in [-0.3, -0.25) is 4.90 Å². The van der Waals surface area contributed by atoms with Gasteiger partial charge in [0.25, 0.3) is 0 Å². The molecule has 0 aromatic heterocycles. The van der Waals surface area contributed by atoms with Crippen LogP contribution in [0.3, 0.4) is 0 Å². The van der Waals surface area contributed by atoms with E-state index in [0.717, 1.165) is 63.7 Å². The predicted molar refractivity (Wildman–Crippen MR) is 124 cm³/mol. The van der Waals surface area contributed by atoms with Crippen LogP contribution in [0, 0.1) is 5.92 Å². The molecule has 166 valence electrons. The summed E-state index contributed by atoms with van der Waals surface area (Å²) < 4.78 is 0. The van der Waals surface area contributed by atoms with Crippen LogP contribution in [-0.2, 0) is 12.1 Å². The van der Waals surface area contributed by atoms with Crippen molar-refractivity contribution in [2.75, 3.05) is 19.6 Å². The van der Waals surface area contributed by atoms with Crippen LogP contribution < -0.4 is 5.32 Å². The molecule has 2 aliphatic rings. The Morgan fingerprint density at radius 1 is 0.935 bits per heavy atom. The molecule has 5 nitrogen and oxygen atoms in total. The summed E-state index contributed by atoms with van der Waals surface area (Å²) in [5.41, 5.74) is 1.41. The van der Waals surface area contributed by atoms with Crippen molar-refractivity contribution >= 4 is 5.71 Å². The third-order valence-corrected chi connectivity index (χ3v) is 7.12. The van der Waals surface area contributed by atoms with Crippen LogP contribution in [0.2, 0.25) is 0 Å². The van der Waals surface area contributed by atoms with E-state index in [4.69, 9.17) is 0 Å². The molecule has 1 aliphatic carbocycles. The van der Waals surface area contributed by atoms with Gasteiger partial charge >= 0.3 is 0 Å². The zero-order valence-corrected chi connectivity index (χ0v) is 18.3. The molecule has 0 radical (unpaired) electrons. The Kier molecular flexibility index (Phi) is 7.38. The van der Waals surface area contributed by atoms with E-state index in [-0.39, 0.29) is 5.92 Å². The molecular formula is C26H35N3O2. The third kappa shape index (κ3) is 5.17. The first-order valence-electron chi connectivity index (χ1n) is 11.7. The summed E-state index contributed by atoms with van der Waals surface area (Å²) in [5.74, 6) is 0.0929. The molecule has 1 saturated carbocycles. The van der Waals surface area contributed by atoms with Crippen molar-refractivity contribution in [3.8, 4) is 0 Å². The molecule has 2 fully saturated rings. The monoisotopic (exact) mass is 421 g/mol. The van der Waals surface area contributed by atoms with Gasteiger partial charge in [-0.2, -0.15) is 0 Å². The van der Waals surface area contributed by atoms with Gasteiger partial charge in [0.15, 0.2) is 0 Å². The summed E-state index contributed by atoms with van der Waals surface area (Å²) in [6, 6.07) is 20.7. The minimum absolute atomic E-state index is 0.0929. The minimum Gasteiger partial charge on any atom is -0.411 e. The van der Waals surface area contributed by atoms with Crippen molar-refractivity contribution in [1.82, 2.24) is 10.2 Å². The molecule has 2 aromatic rings. The van der Waals surface area contributed by atoms with Gasteiger partial charge in [0.1, 0.15) is 11.3 Å². The number of hydrogen-bond acceptors (Lipinski definition) is 5. The van der Waals surface area contributed by atoms with Gasteiger partial charge in [-0.25, -0.2) is 0 Å². The molecule has 2 aromatic carbocycles. The lowest BCUT2D eigenvalue weighted by Gasteiger charge is -2.37. The van der Waals surface area contributed by atoms with Gasteiger partial charge in [0.2, 0.25) is 0 Å². The van der Waals surface area contributed by atoms with Gasteiger partial charge in [-0.05, 0) is 55.8 Å². The Morgan fingerprint density at radius 3 is 2.16 bits per heavy atom. The number of oxime groups is 1.